The number of hydrogen-bond acceptors (Lipinski definition) is 5. The molecular formula is C22H22FN5O. The molecule has 3 N–H and O–H groups in total. The Balaban J connectivity index is 1.50. The molecule has 1 amide bonds. The van der Waals surface area contributed by atoms with E-state index >= 15 is 0 Å². The molecule has 2 aromatic heterocycles. The molecule has 0 saturated heterocycles. The number of halogens is 1. The number of nitrogens with zero attached hydrogens (tertiary/aromatic N) is 3. The summed E-state index contributed by atoms with van der Waals surface area (Å²) in [6.07, 6.45) is 9.95. The standard InChI is InChI=1S/C22H22FN5O/c23-17-9-16(10-25-11-17)21-13-26-12-20(27-21)14-5-7-15(8-6-14)22(29)28-19-4-2-1-3-18(19)24/h5-13,18-19H,1-4,24H2,(H,28,29)/t18-,19+/m1/s1. The van der Waals surface area contributed by atoms with Gasteiger partial charge in [-0.25, -0.2) is 9.37 Å². The number of pyridine rings is 1. The maximum Gasteiger partial charge on any atom is 0.251 e. The molecule has 4 rings (SSSR count). The molecule has 0 bridgehead atoms. The Labute approximate surface area is 168 Å². The summed E-state index contributed by atoms with van der Waals surface area (Å²) in [6.45, 7) is 0. The average molecular weight is 391 g/mol. The Morgan fingerprint density at radius 3 is 2.38 bits per heavy atom. The minimum absolute atomic E-state index is 0.0160. The molecule has 1 fully saturated rings. The lowest BCUT2D eigenvalue weighted by Gasteiger charge is -2.29. The fraction of sp³-hybridized carbons (Fsp3) is 0.273. The molecule has 1 aliphatic carbocycles. The quantitative estimate of drug-likeness (QED) is 0.711. The van der Waals surface area contributed by atoms with Crippen molar-refractivity contribution in [3.8, 4) is 22.5 Å². The van der Waals surface area contributed by atoms with Crippen LogP contribution in [0.25, 0.3) is 22.5 Å². The molecule has 0 radical (unpaired) electrons. The largest absolute Gasteiger partial charge is 0.348 e. The zero-order valence-electron chi connectivity index (χ0n) is 15.9. The summed E-state index contributed by atoms with van der Waals surface area (Å²) in [7, 11) is 0. The van der Waals surface area contributed by atoms with Gasteiger partial charge in [-0.1, -0.05) is 25.0 Å². The van der Waals surface area contributed by atoms with Crippen molar-refractivity contribution in [3.63, 3.8) is 0 Å². The zero-order valence-corrected chi connectivity index (χ0v) is 15.9. The van der Waals surface area contributed by atoms with Gasteiger partial charge in [0.2, 0.25) is 0 Å². The molecule has 0 spiro atoms. The molecule has 3 aromatic rings. The van der Waals surface area contributed by atoms with E-state index in [4.69, 9.17) is 5.73 Å². The van der Waals surface area contributed by atoms with Crippen molar-refractivity contribution < 1.29 is 9.18 Å². The van der Waals surface area contributed by atoms with Gasteiger partial charge >= 0.3 is 0 Å². The molecule has 1 saturated carbocycles. The lowest BCUT2D eigenvalue weighted by molar-refractivity contribution is 0.0921. The van der Waals surface area contributed by atoms with Crippen molar-refractivity contribution in [1.82, 2.24) is 20.3 Å². The lowest BCUT2D eigenvalue weighted by Crippen LogP contribution is -2.49. The topological polar surface area (TPSA) is 93.8 Å². The first-order valence-electron chi connectivity index (χ1n) is 9.70. The average Bonchev–Trinajstić information content (AvgIpc) is 2.75. The molecular weight excluding hydrogens is 369 g/mol. The van der Waals surface area contributed by atoms with Gasteiger partial charge in [-0.05, 0) is 31.0 Å². The van der Waals surface area contributed by atoms with Gasteiger partial charge in [0.1, 0.15) is 5.82 Å². The first-order chi connectivity index (χ1) is 14.1. The molecule has 6 nitrogen and oxygen atoms in total. The van der Waals surface area contributed by atoms with Gasteiger partial charge in [-0.2, -0.15) is 0 Å². The second kappa shape index (κ2) is 8.45. The summed E-state index contributed by atoms with van der Waals surface area (Å²) in [6, 6.07) is 8.58. The highest BCUT2D eigenvalue weighted by Gasteiger charge is 2.23. The maximum absolute atomic E-state index is 13.4. The van der Waals surface area contributed by atoms with Crippen molar-refractivity contribution >= 4 is 5.91 Å². The van der Waals surface area contributed by atoms with Crippen molar-refractivity contribution in [2.24, 2.45) is 5.73 Å². The molecule has 0 aliphatic heterocycles. The minimum atomic E-state index is -0.428. The molecule has 1 aliphatic rings. The van der Waals surface area contributed by atoms with Crippen LogP contribution in [0.5, 0.6) is 0 Å². The van der Waals surface area contributed by atoms with Crippen molar-refractivity contribution in [1.29, 1.82) is 0 Å². The number of benzene rings is 1. The Bertz CT molecular complexity index is 1010. The highest BCUT2D eigenvalue weighted by molar-refractivity contribution is 5.94. The fourth-order valence-electron chi connectivity index (χ4n) is 3.58. The normalized spacial score (nSPS) is 19.0. The highest BCUT2D eigenvalue weighted by Crippen LogP contribution is 2.22. The van der Waals surface area contributed by atoms with E-state index in [2.05, 4.69) is 20.3 Å². The Kier molecular flexibility index (Phi) is 5.57. The van der Waals surface area contributed by atoms with E-state index in [0.717, 1.165) is 37.4 Å². The van der Waals surface area contributed by atoms with E-state index in [-0.39, 0.29) is 18.0 Å². The van der Waals surface area contributed by atoms with Crippen LogP contribution >= 0.6 is 0 Å². The fourth-order valence-corrected chi connectivity index (χ4v) is 3.58. The van der Waals surface area contributed by atoms with E-state index in [9.17, 15) is 9.18 Å². The van der Waals surface area contributed by atoms with Gasteiger partial charge in [-0.3, -0.25) is 14.8 Å². The summed E-state index contributed by atoms with van der Waals surface area (Å²) in [4.78, 5) is 25.1. The van der Waals surface area contributed by atoms with Crippen molar-refractivity contribution in [3.05, 3.63) is 66.5 Å². The second-order valence-corrected chi connectivity index (χ2v) is 7.29. The third-order valence-corrected chi connectivity index (χ3v) is 5.21. The predicted octanol–water partition coefficient (Wildman–Crippen LogP) is 3.34. The van der Waals surface area contributed by atoms with E-state index in [0.29, 0.717) is 22.5 Å². The Morgan fingerprint density at radius 1 is 0.966 bits per heavy atom. The smallest absolute Gasteiger partial charge is 0.251 e. The van der Waals surface area contributed by atoms with Crippen LogP contribution in [0.1, 0.15) is 36.0 Å². The Hall–Kier alpha value is -3.19. The third kappa shape index (κ3) is 4.46. The van der Waals surface area contributed by atoms with Crippen LogP contribution in [0.3, 0.4) is 0 Å². The molecule has 0 unspecified atom stereocenters. The monoisotopic (exact) mass is 391 g/mol. The molecule has 148 valence electrons. The van der Waals surface area contributed by atoms with E-state index < -0.39 is 5.82 Å². The van der Waals surface area contributed by atoms with Crippen LogP contribution in [-0.4, -0.2) is 32.9 Å². The number of nitrogens with two attached hydrogens (primary N) is 1. The lowest BCUT2D eigenvalue weighted by atomic mass is 9.91. The van der Waals surface area contributed by atoms with Crippen LogP contribution < -0.4 is 11.1 Å². The van der Waals surface area contributed by atoms with Gasteiger partial charge < -0.3 is 11.1 Å². The van der Waals surface area contributed by atoms with Crippen LogP contribution in [0.4, 0.5) is 4.39 Å². The summed E-state index contributed by atoms with van der Waals surface area (Å²) >= 11 is 0. The van der Waals surface area contributed by atoms with Gasteiger partial charge in [0.05, 0.1) is 30.0 Å². The first-order valence-corrected chi connectivity index (χ1v) is 9.70. The van der Waals surface area contributed by atoms with Crippen LogP contribution in [0.2, 0.25) is 0 Å². The molecule has 29 heavy (non-hydrogen) atoms. The number of carbonyl (C=O) groups is 1. The number of amides is 1. The molecule has 7 heteroatoms. The summed E-state index contributed by atoms with van der Waals surface area (Å²) in [5.41, 5.74) is 9.22. The number of aromatic nitrogens is 3. The first kappa shape index (κ1) is 19.1. The SMILES string of the molecule is N[C@@H]1CCCC[C@@H]1NC(=O)c1ccc(-c2cncc(-c3cncc(F)c3)n2)cc1. The van der Waals surface area contributed by atoms with Gasteiger partial charge in [0, 0.05) is 35.0 Å². The van der Waals surface area contributed by atoms with Gasteiger partial charge in [0.15, 0.2) is 0 Å². The molecule has 2 atom stereocenters. The summed E-state index contributed by atoms with van der Waals surface area (Å²) in [5.74, 6) is -0.549. The van der Waals surface area contributed by atoms with Crippen LogP contribution in [0.15, 0.2) is 55.1 Å². The molecule has 1 aromatic carbocycles. The summed E-state index contributed by atoms with van der Waals surface area (Å²) < 4.78 is 13.4. The van der Waals surface area contributed by atoms with Crippen LogP contribution in [-0.2, 0) is 0 Å². The zero-order chi connectivity index (χ0) is 20.2. The highest BCUT2D eigenvalue weighted by atomic mass is 19.1. The van der Waals surface area contributed by atoms with Gasteiger partial charge in [0.25, 0.3) is 5.91 Å². The molecule has 2 heterocycles. The number of carbonyl (C=O) groups excluding carboxylic acids is 1. The third-order valence-electron chi connectivity index (χ3n) is 5.21. The number of hydrogen-bond donors (Lipinski definition) is 2. The second-order valence-electron chi connectivity index (χ2n) is 7.29. The van der Waals surface area contributed by atoms with E-state index in [1.165, 1.54) is 6.07 Å². The van der Waals surface area contributed by atoms with E-state index in [1.807, 2.05) is 12.1 Å². The van der Waals surface area contributed by atoms with Crippen LogP contribution in [0, 0.1) is 5.82 Å². The number of nitrogens with one attached hydrogen (secondary N) is 1. The van der Waals surface area contributed by atoms with Gasteiger partial charge in [-0.15, -0.1) is 0 Å². The van der Waals surface area contributed by atoms with E-state index in [1.54, 1.807) is 30.7 Å². The number of rotatable bonds is 4. The summed E-state index contributed by atoms with van der Waals surface area (Å²) in [5, 5.41) is 3.05. The van der Waals surface area contributed by atoms with Crippen molar-refractivity contribution in [2.75, 3.05) is 0 Å². The minimum Gasteiger partial charge on any atom is -0.348 e. The predicted molar refractivity (Wildman–Crippen MR) is 108 cm³/mol. The Morgan fingerprint density at radius 2 is 1.66 bits per heavy atom. The van der Waals surface area contributed by atoms with Crippen molar-refractivity contribution in [2.45, 2.75) is 37.8 Å². The maximum atomic E-state index is 13.4.